The highest BCUT2D eigenvalue weighted by molar-refractivity contribution is 9.09. The van der Waals surface area contributed by atoms with Crippen LogP contribution in [0.3, 0.4) is 0 Å². The number of nitrogens with zero attached hydrogens (tertiary/aromatic N) is 1. The van der Waals surface area contributed by atoms with E-state index in [1.807, 2.05) is 0 Å². The quantitative estimate of drug-likeness (QED) is 0.410. The second-order valence-electron chi connectivity index (χ2n) is 2.95. The van der Waals surface area contributed by atoms with Gasteiger partial charge in [0.15, 0.2) is 5.60 Å². The van der Waals surface area contributed by atoms with Gasteiger partial charge in [-0.05, 0) is 6.92 Å². The van der Waals surface area contributed by atoms with Gasteiger partial charge in [0.05, 0.1) is 18.9 Å². The Bertz CT molecular complexity index is 265. The van der Waals surface area contributed by atoms with Crippen molar-refractivity contribution in [2.24, 2.45) is 0 Å². The zero-order valence-electron chi connectivity index (χ0n) is 7.37. The molecule has 1 aliphatic heterocycles. The standard InChI is InChI=1S/C7H10BrNO4/c1-7(6(10)12-2)3-5(4-8)9(11)13-7/h3-4H2,1-2H3/t7-/m1/s1. The minimum Gasteiger partial charge on any atom is -0.468 e. The van der Waals surface area contributed by atoms with Gasteiger partial charge in [-0.3, -0.25) is 10.0 Å². The van der Waals surface area contributed by atoms with E-state index in [0.29, 0.717) is 15.9 Å². The first-order valence-electron chi connectivity index (χ1n) is 3.69. The highest BCUT2D eigenvalue weighted by Gasteiger charge is 2.44. The zero-order chi connectivity index (χ0) is 10.1. The van der Waals surface area contributed by atoms with Gasteiger partial charge >= 0.3 is 5.97 Å². The molecule has 0 unspecified atom stereocenters. The number of alkyl halides is 1. The van der Waals surface area contributed by atoms with Crippen molar-refractivity contribution in [3.8, 4) is 0 Å². The molecule has 13 heavy (non-hydrogen) atoms. The van der Waals surface area contributed by atoms with Crippen LogP contribution in [0, 0.1) is 5.21 Å². The number of halogens is 1. The molecule has 0 aromatic heterocycles. The fourth-order valence-corrected chi connectivity index (χ4v) is 1.56. The maximum absolute atomic E-state index is 11.2. The molecule has 0 saturated carbocycles. The molecule has 1 heterocycles. The van der Waals surface area contributed by atoms with Crippen molar-refractivity contribution in [3.05, 3.63) is 5.21 Å². The number of esters is 1. The minimum atomic E-state index is -1.17. The summed E-state index contributed by atoms with van der Waals surface area (Å²) in [5.41, 5.74) is -0.688. The normalized spacial score (nSPS) is 27.3. The lowest BCUT2D eigenvalue weighted by atomic mass is 10.0. The van der Waals surface area contributed by atoms with Gasteiger partial charge in [-0.25, -0.2) is 0 Å². The number of carbonyl (C=O) groups is 1. The molecular formula is C7H10BrNO4. The molecule has 1 rings (SSSR count). The van der Waals surface area contributed by atoms with E-state index >= 15 is 0 Å². The molecule has 0 radical (unpaired) electrons. The van der Waals surface area contributed by atoms with Gasteiger partial charge in [-0.2, -0.15) is 0 Å². The van der Waals surface area contributed by atoms with E-state index in [2.05, 4.69) is 20.7 Å². The van der Waals surface area contributed by atoms with E-state index in [0.717, 1.165) is 0 Å². The number of carbonyl (C=O) groups excluding carboxylic acids is 1. The Balaban J connectivity index is 2.77. The average molecular weight is 252 g/mol. The van der Waals surface area contributed by atoms with E-state index in [4.69, 9.17) is 4.84 Å². The average Bonchev–Trinajstić information content (AvgIpc) is 2.41. The molecule has 0 bridgehead atoms. The molecule has 0 fully saturated rings. The number of hydrogen-bond donors (Lipinski definition) is 0. The van der Waals surface area contributed by atoms with Crippen molar-refractivity contribution >= 4 is 27.6 Å². The van der Waals surface area contributed by atoms with E-state index in [9.17, 15) is 10.0 Å². The predicted octanol–water partition coefficient (Wildman–Crippen LogP) is 0.600. The van der Waals surface area contributed by atoms with Gasteiger partial charge < -0.3 is 9.57 Å². The van der Waals surface area contributed by atoms with Crippen LogP contribution < -0.4 is 0 Å². The molecule has 74 valence electrons. The molecule has 1 atom stereocenters. The van der Waals surface area contributed by atoms with Crippen molar-refractivity contribution in [1.29, 1.82) is 0 Å². The van der Waals surface area contributed by atoms with Crippen molar-refractivity contribution in [3.63, 3.8) is 0 Å². The van der Waals surface area contributed by atoms with Crippen LogP contribution in [-0.2, 0) is 14.4 Å². The molecule has 0 aromatic rings. The van der Waals surface area contributed by atoms with E-state index in [-0.39, 0.29) is 6.42 Å². The molecule has 0 aromatic carbocycles. The van der Waals surface area contributed by atoms with Gasteiger partial charge in [0, 0.05) is 4.90 Å². The number of ether oxygens (including phenoxy) is 1. The summed E-state index contributed by atoms with van der Waals surface area (Å²) in [6, 6.07) is 0. The van der Waals surface area contributed by atoms with Gasteiger partial charge in [0.1, 0.15) is 0 Å². The lowest BCUT2D eigenvalue weighted by molar-refractivity contribution is -0.747. The van der Waals surface area contributed by atoms with Crippen LogP contribution in [0.15, 0.2) is 0 Å². The van der Waals surface area contributed by atoms with Crippen LogP contribution in [0.25, 0.3) is 0 Å². The smallest absolute Gasteiger partial charge is 0.328 e. The summed E-state index contributed by atoms with van der Waals surface area (Å²) in [6.07, 6.45) is 0.258. The largest absolute Gasteiger partial charge is 0.468 e. The molecule has 5 nitrogen and oxygen atoms in total. The molecule has 0 saturated heterocycles. The summed E-state index contributed by atoms with van der Waals surface area (Å²) < 4.78 is 4.52. The highest BCUT2D eigenvalue weighted by Crippen LogP contribution is 2.24. The first-order valence-corrected chi connectivity index (χ1v) is 4.81. The summed E-state index contributed by atoms with van der Waals surface area (Å²) in [4.78, 5) is 16.4. The van der Waals surface area contributed by atoms with Crippen LogP contribution in [0.5, 0.6) is 0 Å². The monoisotopic (exact) mass is 251 g/mol. The Morgan fingerprint density at radius 3 is 2.92 bits per heavy atom. The number of rotatable bonds is 2. The van der Waals surface area contributed by atoms with Crippen LogP contribution in [0.2, 0.25) is 0 Å². The Labute approximate surface area is 84.0 Å². The molecular weight excluding hydrogens is 242 g/mol. The van der Waals surface area contributed by atoms with Crippen molar-refractivity contribution < 1.29 is 19.3 Å². The molecule has 0 N–H and O–H groups in total. The topological polar surface area (TPSA) is 61.6 Å². The third kappa shape index (κ3) is 1.77. The van der Waals surface area contributed by atoms with Crippen molar-refractivity contribution in [1.82, 2.24) is 0 Å². The van der Waals surface area contributed by atoms with Crippen LogP contribution in [0.1, 0.15) is 13.3 Å². The molecule has 0 spiro atoms. The van der Waals surface area contributed by atoms with Crippen LogP contribution >= 0.6 is 15.9 Å². The summed E-state index contributed by atoms with van der Waals surface area (Å²) in [7, 11) is 1.26. The van der Waals surface area contributed by atoms with Gasteiger partial charge in [-0.15, -0.1) is 0 Å². The van der Waals surface area contributed by atoms with Gasteiger partial charge in [0.2, 0.25) is 5.71 Å². The Morgan fingerprint density at radius 2 is 2.54 bits per heavy atom. The maximum Gasteiger partial charge on any atom is 0.328 e. The zero-order valence-corrected chi connectivity index (χ0v) is 8.96. The molecule has 0 aliphatic carbocycles. The predicted molar refractivity (Wildman–Crippen MR) is 48.6 cm³/mol. The first kappa shape index (κ1) is 10.3. The molecule has 0 amide bonds. The van der Waals surface area contributed by atoms with Crippen molar-refractivity contribution in [2.75, 3.05) is 12.4 Å². The SMILES string of the molecule is COC(=O)[C@@]1(C)CC(CBr)=[N+]([O-])O1. The maximum atomic E-state index is 11.2. The van der Waals surface area contributed by atoms with E-state index < -0.39 is 11.6 Å². The first-order chi connectivity index (χ1) is 6.03. The van der Waals surface area contributed by atoms with Crippen LogP contribution in [-0.4, -0.2) is 34.6 Å². The molecule has 1 aliphatic rings. The van der Waals surface area contributed by atoms with Crippen LogP contribution in [0.4, 0.5) is 0 Å². The Kier molecular flexibility index (Phi) is 2.80. The van der Waals surface area contributed by atoms with E-state index in [1.165, 1.54) is 14.0 Å². The summed E-state index contributed by atoms with van der Waals surface area (Å²) >= 11 is 3.13. The second-order valence-corrected chi connectivity index (χ2v) is 3.51. The summed E-state index contributed by atoms with van der Waals surface area (Å²) in [5, 5.41) is 11.5. The lowest BCUT2D eigenvalue weighted by Crippen LogP contribution is -2.37. The Morgan fingerprint density at radius 1 is 1.92 bits per heavy atom. The third-order valence-corrected chi connectivity index (χ3v) is 2.50. The number of hydrogen-bond acceptors (Lipinski definition) is 4. The molecule has 6 heteroatoms. The lowest BCUT2D eigenvalue weighted by Gasteiger charge is -2.20. The summed E-state index contributed by atoms with van der Waals surface area (Å²) in [5.74, 6) is -0.538. The fraction of sp³-hybridized carbons (Fsp3) is 0.714. The minimum absolute atomic E-state index is 0.258. The van der Waals surface area contributed by atoms with Gasteiger partial charge in [0.25, 0.3) is 0 Å². The third-order valence-electron chi connectivity index (χ3n) is 1.86. The van der Waals surface area contributed by atoms with Gasteiger partial charge in [-0.1, -0.05) is 15.9 Å². The van der Waals surface area contributed by atoms with Crippen molar-refractivity contribution in [2.45, 2.75) is 18.9 Å². The fourth-order valence-electron chi connectivity index (χ4n) is 1.16. The van der Waals surface area contributed by atoms with E-state index in [1.54, 1.807) is 0 Å². The number of methoxy groups -OCH3 is 1. The summed E-state index contributed by atoms with van der Waals surface area (Å²) in [6.45, 7) is 1.53. The second kappa shape index (κ2) is 3.53. The Hall–Kier alpha value is -0.780. The highest BCUT2D eigenvalue weighted by atomic mass is 79.9.